The smallest absolute Gasteiger partial charge is 0.228 e. The molecule has 2 heterocycles. The minimum Gasteiger partial charge on any atom is -0.456 e. The van der Waals surface area contributed by atoms with Crippen molar-refractivity contribution in [3.8, 4) is 17.0 Å². The number of pyridine rings is 1. The zero-order chi connectivity index (χ0) is 19.8. The van der Waals surface area contributed by atoms with Crippen LogP contribution in [0.1, 0.15) is 17.7 Å². The molecule has 0 radical (unpaired) electrons. The van der Waals surface area contributed by atoms with E-state index in [4.69, 9.17) is 4.74 Å². The molecule has 28 heavy (non-hydrogen) atoms. The monoisotopic (exact) mass is 367 g/mol. The Morgan fingerprint density at radius 3 is 2.79 bits per heavy atom. The number of aromatic nitrogens is 1. The van der Waals surface area contributed by atoms with Gasteiger partial charge in [-0.15, -0.1) is 0 Å². The number of aliphatic imine (C=N–C) groups is 1. The molecule has 1 aliphatic heterocycles. The molecule has 1 aliphatic carbocycles. The van der Waals surface area contributed by atoms with Crippen LogP contribution in [-0.4, -0.2) is 6.72 Å². The molecular formula is C25H23N2O+. The fourth-order valence-corrected chi connectivity index (χ4v) is 4.05. The highest BCUT2D eigenvalue weighted by Crippen LogP contribution is 2.32. The van der Waals surface area contributed by atoms with Gasteiger partial charge in [0.1, 0.15) is 18.6 Å². The van der Waals surface area contributed by atoms with Gasteiger partial charge in [-0.05, 0) is 60.2 Å². The second-order valence-corrected chi connectivity index (χ2v) is 6.98. The highest BCUT2D eigenvalue weighted by molar-refractivity contribution is 5.76. The van der Waals surface area contributed by atoms with Crippen LogP contribution in [0.15, 0.2) is 71.9 Å². The average molecular weight is 367 g/mol. The molecule has 0 unspecified atom stereocenters. The number of rotatable bonds is 4. The van der Waals surface area contributed by atoms with Crippen LogP contribution in [0.2, 0.25) is 0 Å². The zero-order valence-corrected chi connectivity index (χ0v) is 16.2. The zero-order valence-electron chi connectivity index (χ0n) is 16.2. The number of para-hydroxylation sites is 1. The summed E-state index contributed by atoms with van der Waals surface area (Å²) in [4.78, 5) is 3.79. The number of hydrogen-bond acceptors (Lipinski definition) is 2. The third-order valence-electron chi connectivity index (χ3n) is 5.45. The maximum atomic E-state index is 6.13. The van der Waals surface area contributed by atoms with Gasteiger partial charge in [0.25, 0.3) is 0 Å². The SMILES string of the molecule is C=CC1=c2c([n+](C)c3c(c2=C)CCC(C(=C)/C=C\N=C)=C3)-c2ccccc2O1. The topological polar surface area (TPSA) is 25.5 Å². The Kier molecular flexibility index (Phi) is 4.44. The largest absolute Gasteiger partial charge is 0.456 e. The molecular weight excluding hydrogens is 344 g/mol. The average Bonchev–Trinajstić information content (AvgIpc) is 2.74. The molecule has 0 atom stereocenters. The number of ether oxygens (including phenoxy) is 1. The van der Waals surface area contributed by atoms with E-state index in [1.165, 1.54) is 11.1 Å². The Morgan fingerprint density at radius 1 is 1.25 bits per heavy atom. The summed E-state index contributed by atoms with van der Waals surface area (Å²) in [7, 11) is 2.10. The van der Waals surface area contributed by atoms with Gasteiger partial charge in [0.15, 0.2) is 0 Å². The van der Waals surface area contributed by atoms with Crippen molar-refractivity contribution in [1.29, 1.82) is 0 Å². The van der Waals surface area contributed by atoms with Gasteiger partial charge in [-0.1, -0.05) is 31.9 Å². The Morgan fingerprint density at radius 2 is 2.04 bits per heavy atom. The second-order valence-electron chi connectivity index (χ2n) is 6.98. The third kappa shape index (κ3) is 2.67. The lowest BCUT2D eigenvalue weighted by Gasteiger charge is -2.21. The van der Waals surface area contributed by atoms with E-state index < -0.39 is 0 Å². The Balaban J connectivity index is 2.04. The summed E-state index contributed by atoms with van der Waals surface area (Å²) in [6.45, 7) is 16.1. The maximum Gasteiger partial charge on any atom is 0.228 e. The molecule has 3 nitrogen and oxygen atoms in total. The first kappa shape index (κ1) is 17.9. The summed E-state index contributed by atoms with van der Waals surface area (Å²) in [5.41, 5.74) is 6.73. The van der Waals surface area contributed by atoms with Crippen LogP contribution in [0.3, 0.4) is 0 Å². The predicted molar refractivity (Wildman–Crippen MR) is 116 cm³/mol. The quantitative estimate of drug-likeness (QED) is 0.462. The molecule has 3 heteroatoms. The summed E-state index contributed by atoms with van der Waals surface area (Å²) in [6.07, 6.45) is 9.39. The van der Waals surface area contributed by atoms with Crippen LogP contribution in [0, 0.1) is 0 Å². The fraction of sp³-hybridized carbons (Fsp3) is 0.120. The van der Waals surface area contributed by atoms with E-state index in [9.17, 15) is 0 Å². The van der Waals surface area contributed by atoms with Gasteiger partial charge in [-0.2, -0.15) is 4.57 Å². The van der Waals surface area contributed by atoms with Crippen LogP contribution in [0.4, 0.5) is 0 Å². The molecule has 0 amide bonds. The van der Waals surface area contributed by atoms with E-state index in [0.717, 1.165) is 57.3 Å². The van der Waals surface area contributed by atoms with E-state index in [2.05, 4.69) is 55.2 Å². The summed E-state index contributed by atoms with van der Waals surface area (Å²) in [5.74, 6) is 1.60. The minimum absolute atomic E-state index is 0.760. The third-order valence-corrected chi connectivity index (χ3v) is 5.45. The fourth-order valence-electron chi connectivity index (χ4n) is 4.05. The minimum atomic E-state index is 0.760. The molecule has 0 fully saturated rings. The highest BCUT2D eigenvalue weighted by Gasteiger charge is 2.30. The molecule has 0 saturated carbocycles. The normalized spacial score (nSPS) is 14.5. The van der Waals surface area contributed by atoms with Crippen molar-refractivity contribution in [2.24, 2.45) is 12.0 Å². The van der Waals surface area contributed by atoms with Gasteiger partial charge in [0.2, 0.25) is 11.4 Å². The standard InChI is InChI=1S/C25H23N2O/c1-6-22-24-17(3)19-12-11-18(16(2)13-14-26-4)15-21(19)27(5)25(24)20-9-7-8-10-23(20)28-22/h6-10,13-15H,1-4,11-12H2,5H3/q+1/b14-13-. The number of allylic oxidation sites excluding steroid dienone is 3. The van der Waals surface area contributed by atoms with Gasteiger partial charge in [0, 0.05) is 17.8 Å². The van der Waals surface area contributed by atoms with Crippen molar-refractivity contribution in [1.82, 2.24) is 0 Å². The lowest BCUT2D eigenvalue weighted by Crippen LogP contribution is -2.50. The van der Waals surface area contributed by atoms with Crippen LogP contribution >= 0.6 is 0 Å². The molecule has 4 rings (SSSR count). The molecule has 2 aromatic rings. The van der Waals surface area contributed by atoms with E-state index in [-0.39, 0.29) is 0 Å². The van der Waals surface area contributed by atoms with Gasteiger partial charge in [0.05, 0.1) is 10.8 Å². The number of nitrogens with zero attached hydrogens (tertiary/aromatic N) is 2. The molecule has 0 saturated heterocycles. The molecule has 138 valence electrons. The summed E-state index contributed by atoms with van der Waals surface area (Å²) in [6, 6.07) is 8.09. The van der Waals surface area contributed by atoms with E-state index in [0.29, 0.717) is 0 Å². The van der Waals surface area contributed by atoms with Crippen molar-refractivity contribution >= 4 is 25.1 Å². The van der Waals surface area contributed by atoms with Crippen molar-refractivity contribution in [2.45, 2.75) is 12.8 Å². The lowest BCUT2D eigenvalue weighted by molar-refractivity contribution is -0.663. The summed E-state index contributed by atoms with van der Waals surface area (Å²) < 4.78 is 8.37. The second kappa shape index (κ2) is 6.93. The Bertz CT molecular complexity index is 1210. The highest BCUT2D eigenvalue weighted by atomic mass is 16.5. The summed E-state index contributed by atoms with van der Waals surface area (Å²) in [5, 5.41) is 2.04. The molecule has 0 spiro atoms. The van der Waals surface area contributed by atoms with Gasteiger partial charge < -0.3 is 4.74 Å². The first-order valence-corrected chi connectivity index (χ1v) is 9.26. The molecule has 1 aromatic heterocycles. The van der Waals surface area contributed by atoms with E-state index >= 15 is 0 Å². The molecule has 2 aliphatic rings. The van der Waals surface area contributed by atoms with Crippen molar-refractivity contribution in [3.05, 3.63) is 88.6 Å². The van der Waals surface area contributed by atoms with Crippen LogP contribution in [-0.2, 0) is 13.5 Å². The van der Waals surface area contributed by atoms with Gasteiger partial charge >= 0.3 is 0 Å². The van der Waals surface area contributed by atoms with Crippen LogP contribution in [0.25, 0.3) is 29.7 Å². The summed E-state index contributed by atoms with van der Waals surface area (Å²) >= 11 is 0. The van der Waals surface area contributed by atoms with Crippen molar-refractivity contribution in [2.75, 3.05) is 0 Å². The first-order chi connectivity index (χ1) is 13.6. The van der Waals surface area contributed by atoms with Crippen LogP contribution in [0.5, 0.6) is 5.75 Å². The van der Waals surface area contributed by atoms with Crippen molar-refractivity contribution in [3.63, 3.8) is 0 Å². The number of fused-ring (bicyclic) bond motifs is 4. The van der Waals surface area contributed by atoms with Crippen molar-refractivity contribution < 1.29 is 9.30 Å². The molecule has 0 bridgehead atoms. The van der Waals surface area contributed by atoms with Crippen LogP contribution < -0.4 is 19.7 Å². The number of hydrogen-bond donors (Lipinski definition) is 0. The van der Waals surface area contributed by atoms with Gasteiger partial charge in [-0.3, -0.25) is 4.99 Å². The molecule has 0 N–H and O–H groups in total. The Hall–Kier alpha value is -3.46. The number of benzene rings is 1. The van der Waals surface area contributed by atoms with E-state index in [1.807, 2.05) is 24.3 Å². The maximum absolute atomic E-state index is 6.13. The lowest BCUT2D eigenvalue weighted by atomic mass is 9.88. The first-order valence-electron chi connectivity index (χ1n) is 9.26. The van der Waals surface area contributed by atoms with E-state index in [1.54, 1.807) is 12.3 Å². The molecule has 1 aromatic carbocycles. The van der Waals surface area contributed by atoms with Gasteiger partial charge in [-0.25, -0.2) is 0 Å². The predicted octanol–water partition coefficient (Wildman–Crippen LogP) is 3.38. The Labute approximate surface area is 165 Å².